The zero-order valence-electron chi connectivity index (χ0n) is 12.2. The van der Waals surface area contributed by atoms with Crippen molar-refractivity contribution >= 4 is 10.8 Å². The maximum atomic E-state index is 13.9. The fraction of sp³-hybridized carbons (Fsp3) is 0.158. The highest BCUT2D eigenvalue weighted by Gasteiger charge is 2.26. The Kier molecular flexibility index (Phi) is 3.26. The Labute approximate surface area is 124 Å². The van der Waals surface area contributed by atoms with Crippen LogP contribution >= 0.6 is 0 Å². The third kappa shape index (κ3) is 2.32. The summed E-state index contributed by atoms with van der Waals surface area (Å²) in [5, 5.41) is 2.24. The SMILES string of the molecule is Cc1ccc(C(C)(N)c2cccc3ccccc23)cc1F. The fourth-order valence-corrected chi connectivity index (χ4v) is 2.75. The van der Waals surface area contributed by atoms with Crippen molar-refractivity contribution in [3.05, 3.63) is 83.2 Å². The van der Waals surface area contributed by atoms with Gasteiger partial charge in [-0.2, -0.15) is 0 Å². The predicted molar refractivity (Wildman–Crippen MR) is 85.7 cm³/mol. The summed E-state index contributed by atoms with van der Waals surface area (Å²) in [6, 6.07) is 19.4. The highest BCUT2D eigenvalue weighted by Crippen LogP contribution is 2.32. The Bertz CT molecular complexity index is 800. The van der Waals surface area contributed by atoms with Crippen LogP contribution in [-0.4, -0.2) is 0 Å². The first-order chi connectivity index (χ1) is 10.00. The van der Waals surface area contributed by atoms with Crippen molar-refractivity contribution in [2.45, 2.75) is 19.4 Å². The van der Waals surface area contributed by atoms with Crippen LogP contribution in [0.25, 0.3) is 10.8 Å². The highest BCUT2D eigenvalue weighted by atomic mass is 19.1. The van der Waals surface area contributed by atoms with Crippen molar-refractivity contribution in [3.8, 4) is 0 Å². The van der Waals surface area contributed by atoms with Gasteiger partial charge in [0.2, 0.25) is 0 Å². The first-order valence-corrected chi connectivity index (χ1v) is 7.04. The van der Waals surface area contributed by atoms with Gasteiger partial charge in [0.25, 0.3) is 0 Å². The summed E-state index contributed by atoms with van der Waals surface area (Å²) >= 11 is 0. The van der Waals surface area contributed by atoms with Gasteiger partial charge in [-0.1, -0.05) is 54.6 Å². The number of rotatable bonds is 2. The molecule has 0 radical (unpaired) electrons. The summed E-state index contributed by atoms with van der Waals surface area (Å²) in [4.78, 5) is 0. The molecule has 0 fully saturated rings. The standard InChI is InChI=1S/C19H18FN/c1-13-10-11-15(12-18(13)20)19(2,21)17-9-5-7-14-6-3-4-8-16(14)17/h3-12H,21H2,1-2H3. The Morgan fingerprint density at radius 2 is 1.67 bits per heavy atom. The fourth-order valence-electron chi connectivity index (χ4n) is 2.75. The molecule has 3 aromatic carbocycles. The maximum absolute atomic E-state index is 13.9. The number of benzene rings is 3. The summed E-state index contributed by atoms with van der Waals surface area (Å²) in [6.45, 7) is 3.68. The average Bonchev–Trinajstić information content (AvgIpc) is 2.49. The van der Waals surface area contributed by atoms with E-state index in [0.717, 1.165) is 21.9 Å². The second-order valence-corrected chi connectivity index (χ2v) is 5.69. The highest BCUT2D eigenvalue weighted by molar-refractivity contribution is 5.87. The van der Waals surface area contributed by atoms with Crippen molar-refractivity contribution in [1.82, 2.24) is 0 Å². The molecular weight excluding hydrogens is 261 g/mol. The van der Waals surface area contributed by atoms with E-state index in [2.05, 4.69) is 18.2 Å². The van der Waals surface area contributed by atoms with Gasteiger partial charge in [0.05, 0.1) is 5.54 Å². The lowest BCUT2D eigenvalue weighted by Crippen LogP contribution is -2.34. The van der Waals surface area contributed by atoms with E-state index in [1.54, 1.807) is 13.0 Å². The lowest BCUT2D eigenvalue weighted by atomic mass is 9.82. The molecule has 1 atom stereocenters. The smallest absolute Gasteiger partial charge is 0.126 e. The summed E-state index contributed by atoms with van der Waals surface area (Å²) in [5.74, 6) is -0.218. The normalized spacial score (nSPS) is 14.1. The van der Waals surface area contributed by atoms with Gasteiger partial charge in [-0.3, -0.25) is 0 Å². The molecule has 21 heavy (non-hydrogen) atoms. The number of aryl methyl sites for hydroxylation is 1. The van der Waals surface area contributed by atoms with Crippen molar-refractivity contribution < 1.29 is 4.39 Å². The molecular formula is C19H18FN. The van der Waals surface area contributed by atoms with Crippen LogP contribution in [0.3, 0.4) is 0 Å². The molecule has 2 N–H and O–H groups in total. The Hall–Kier alpha value is -2.19. The summed E-state index contributed by atoms with van der Waals surface area (Å²) in [7, 11) is 0. The molecule has 0 spiro atoms. The molecule has 1 nitrogen and oxygen atoms in total. The van der Waals surface area contributed by atoms with Crippen molar-refractivity contribution in [3.63, 3.8) is 0 Å². The average molecular weight is 279 g/mol. The van der Waals surface area contributed by atoms with Crippen LogP contribution in [0.1, 0.15) is 23.6 Å². The molecule has 0 bridgehead atoms. The Morgan fingerprint density at radius 3 is 2.43 bits per heavy atom. The van der Waals surface area contributed by atoms with Gasteiger partial charge >= 0.3 is 0 Å². The van der Waals surface area contributed by atoms with E-state index in [-0.39, 0.29) is 5.82 Å². The zero-order chi connectivity index (χ0) is 15.0. The van der Waals surface area contributed by atoms with Gasteiger partial charge in [0.15, 0.2) is 0 Å². The molecule has 0 amide bonds. The van der Waals surface area contributed by atoms with Crippen LogP contribution in [0.4, 0.5) is 4.39 Å². The van der Waals surface area contributed by atoms with Gasteiger partial charge in [-0.25, -0.2) is 4.39 Å². The van der Waals surface area contributed by atoms with Gasteiger partial charge < -0.3 is 5.73 Å². The molecule has 0 aliphatic carbocycles. The van der Waals surface area contributed by atoms with Gasteiger partial charge in [-0.15, -0.1) is 0 Å². The first-order valence-electron chi connectivity index (χ1n) is 7.04. The lowest BCUT2D eigenvalue weighted by Gasteiger charge is -2.27. The van der Waals surface area contributed by atoms with Gasteiger partial charge in [0, 0.05) is 0 Å². The second-order valence-electron chi connectivity index (χ2n) is 5.69. The molecule has 0 aliphatic heterocycles. The van der Waals surface area contributed by atoms with Crippen molar-refractivity contribution in [1.29, 1.82) is 0 Å². The summed E-state index contributed by atoms with van der Waals surface area (Å²) in [5.41, 5.74) is 8.25. The van der Waals surface area contributed by atoms with Crippen LogP contribution in [0.15, 0.2) is 60.7 Å². The minimum absolute atomic E-state index is 0.218. The summed E-state index contributed by atoms with van der Waals surface area (Å²) in [6.07, 6.45) is 0. The topological polar surface area (TPSA) is 26.0 Å². The van der Waals surface area contributed by atoms with E-state index in [9.17, 15) is 4.39 Å². The molecule has 3 aromatic rings. The zero-order valence-corrected chi connectivity index (χ0v) is 12.2. The molecule has 1 unspecified atom stereocenters. The van der Waals surface area contributed by atoms with Crippen LogP contribution < -0.4 is 5.73 Å². The van der Waals surface area contributed by atoms with E-state index in [4.69, 9.17) is 5.73 Å². The molecule has 0 heterocycles. The molecule has 0 saturated heterocycles. The van der Waals surface area contributed by atoms with Crippen LogP contribution in [0, 0.1) is 12.7 Å². The maximum Gasteiger partial charge on any atom is 0.126 e. The monoisotopic (exact) mass is 279 g/mol. The van der Waals surface area contributed by atoms with E-state index >= 15 is 0 Å². The summed E-state index contributed by atoms with van der Waals surface area (Å²) < 4.78 is 13.9. The molecule has 0 saturated carbocycles. The van der Waals surface area contributed by atoms with E-state index in [1.807, 2.05) is 37.3 Å². The molecule has 0 aromatic heterocycles. The lowest BCUT2D eigenvalue weighted by molar-refractivity contribution is 0.581. The second kappa shape index (κ2) is 4.97. The van der Waals surface area contributed by atoms with Crippen LogP contribution in [0.5, 0.6) is 0 Å². The number of hydrogen-bond donors (Lipinski definition) is 1. The molecule has 2 heteroatoms. The third-order valence-corrected chi connectivity index (χ3v) is 4.12. The third-order valence-electron chi connectivity index (χ3n) is 4.12. The molecule has 3 rings (SSSR count). The van der Waals surface area contributed by atoms with E-state index in [1.165, 1.54) is 6.07 Å². The number of nitrogens with two attached hydrogens (primary N) is 1. The largest absolute Gasteiger partial charge is 0.318 e. The van der Waals surface area contributed by atoms with Crippen LogP contribution in [-0.2, 0) is 5.54 Å². The quantitative estimate of drug-likeness (QED) is 0.734. The number of fused-ring (bicyclic) bond motifs is 1. The first kappa shape index (κ1) is 13.8. The van der Waals surface area contributed by atoms with Crippen LogP contribution in [0.2, 0.25) is 0 Å². The predicted octanol–water partition coefficient (Wildman–Crippen LogP) is 4.51. The molecule has 106 valence electrons. The Morgan fingerprint density at radius 1 is 0.952 bits per heavy atom. The van der Waals surface area contributed by atoms with Gasteiger partial charge in [0.1, 0.15) is 5.82 Å². The van der Waals surface area contributed by atoms with Crippen molar-refractivity contribution in [2.24, 2.45) is 5.73 Å². The molecule has 0 aliphatic rings. The van der Waals surface area contributed by atoms with E-state index in [0.29, 0.717) is 5.56 Å². The number of halogens is 1. The van der Waals surface area contributed by atoms with Crippen molar-refractivity contribution in [2.75, 3.05) is 0 Å². The minimum atomic E-state index is -0.741. The Balaban J connectivity index is 2.22. The van der Waals surface area contributed by atoms with Gasteiger partial charge in [-0.05, 0) is 47.4 Å². The van der Waals surface area contributed by atoms with E-state index < -0.39 is 5.54 Å². The minimum Gasteiger partial charge on any atom is -0.318 e. The number of hydrogen-bond acceptors (Lipinski definition) is 1.